The molecule has 0 aliphatic heterocycles. The van der Waals surface area contributed by atoms with Crippen molar-refractivity contribution < 1.29 is 0 Å². The van der Waals surface area contributed by atoms with Gasteiger partial charge in [0.15, 0.2) is 0 Å². The molecular formula is C15H24BrN. The Morgan fingerprint density at radius 1 is 1.18 bits per heavy atom. The number of halogens is 1. The van der Waals surface area contributed by atoms with Crippen LogP contribution in [0, 0.1) is 12.8 Å². The smallest absolute Gasteiger partial charge is 0.0359 e. The van der Waals surface area contributed by atoms with Crippen LogP contribution in [0.15, 0.2) is 22.7 Å². The molecule has 0 saturated carbocycles. The van der Waals surface area contributed by atoms with E-state index < -0.39 is 0 Å². The van der Waals surface area contributed by atoms with Crippen molar-refractivity contribution in [3.63, 3.8) is 0 Å². The van der Waals surface area contributed by atoms with Crippen molar-refractivity contribution in [2.45, 2.75) is 46.6 Å². The number of hydrogen-bond acceptors (Lipinski definition) is 1. The molecule has 0 aromatic heterocycles. The minimum atomic E-state index is 0.463. The van der Waals surface area contributed by atoms with E-state index >= 15 is 0 Å². The first-order valence-electron chi connectivity index (χ1n) is 6.63. The monoisotopic (exact) mass is 297 g/mol. The Morgan fingerprint density at radius 3 is 2.29 bits per heavy atom. The van der Waals surface area contributed by atoms with Crippen LogP contribution in [0.5, 0.6) is 0 Å². The van der Waals surface area contributed by atoms with E-state index in [1.165, 1.54) is 28.4 Å². The third-order valence-corrected chi connectivity index (χ3v) is 4.12. The minimum absolute atomic E-state index is 0.463. The molecule has 0 saturated heterocycles. The maximum absolute atomic E-state index is 3.70. The highest BCUT2D eigenvalue weighted by Crippen LogP contribution is 2.32. The van der Waals surface area contributed by atoms with Gasteiger partial charge in [0, 0.05) is 10.5 Å². The molecule has 17 heavy (non-hydrogen) atoms. The molecule has 1 unspecified atom stereocenters. The van der Waals surface area contributed by atoms with E-state index in [1.807, 2.05) is 0 Å². The molecule has 1 aromatic carbocycles. The number of benzene rings is 1. The van der Waals surface area contributed by atoms with Crippen molar-refractivity contribution in [3.05, 3.63) is 33.8 Å². The van der Waals surface area contributed by atoms with Crippen LogP contribution in [-0.4, -0.2) is 6.54 Å². The van der Waals surface area contributed by atoms with Crippen LogP contribution in [0.4, 0.5) is 0 Å². The normalized spacial score (nSPS) is 13.1. The fourth-order valence-corrected chi connectivity index (χ4v) is 3.13. The third kappa shape index (κ3) is 3.82. The molecule has 2 heteroatoms. The summed E-state index contributed by atoms with van der Waals surface area (Å²) in [6.45, 7) is 9.88. The quantitative estimate of drug-likeness (QED) is 0.792. The van der Waals surface area contributed by atoms with Crippen molar-refractivity contribution in [2.75, 3.05) is 6.54 Å². The summed E-state index contributed by atoms with van der Waals surface area (Å²) in [6.07, 6.45) is 2.43. The second kappa shape index (κ2) is 7.17. The number of aryl methyl sites for hydroxylation is 1. The fraction of sp³-hybridized carbons (Fsp3) is 0.600. The van der Waals surface area contributed by atoms with Crippen LogP contribution in [-0.2, 0) is 0 Å². The summed E-state index contributed by atoms with van der Waals surface area (Å²) in [5.41, 5.74) is 2.70. The molecule has 0 spiro atoms. The lowest BCUT2D eigenvalue weighted by Crippen LogP contribution is -2.28. The van der Waals surface area contributed by atoms with E-state index in [4.69, 9.17) is 0 Å². The standard InChI is InChI=1S/C15H24BrN/c1-5-12(6-2)15(17-7-3)13-9-8-11(4)10-14(13)16/h8-10,12,15,17H,5-7H2,1-4H3. The summed E-state index contributed by atoms with van der Waals surface area (Å²) in [7, 11) is 0. The van der Waals surface area contributed by atoms with Crippen LogP contribution < -0.4 is 5.32 Å². The van der Waals surface area contributed by atoms with Gasteiger partial charge in [-0.05, 0) is 36.6 Å². The number of hydrogen-bond donors (Lipinski definition) is 1. The molecule has 0 amide bonds. The lowest BCUT2D eigenvalue weighted by atomic mass is 9.88. The van der Waals surface area contributed by atoms with Crippen LogP contribution in [0.1, 0.15) is 50.8 Å². The predicted molar refractivity (Wildman–Crippen MR) is 79.4 cm³/mol. The molecule has 0 aliphatic carbocycles. The predicted octanol–water partition coefficient (Wildman–Crippen LogP) is 4.84. The van der Waals surface area contributed by atoms with Gasteiger partial charge in [-0.15, -0.1) is 0 Å². The molecule has 1 N–H and O–H groups in total. The maximum atomic E-state index is 3.70. The average molecular weight is 298 g/mol. The van der Waals surface area contributed by atoms with Gasteiger partial charge in [0.1, 0.15) is 0 Å². The second-order valence-corrected chi connectivity index (χ2v) is 5.49. The zero-order valence-electron chi connectivity index (χ0n) is 11.4. The zero-order valence-corrected chi connectivity index (χ0v) is 13.0. The first-order chi connectivity index (χ1) is 8.13. The van der Waals surface area contributed by atoms with Crippen molar-refractivity contribution >= 4 is 15.9 Å². The van der Waals surface area contributed by atoms with E-state index in [9.17, 15) is 0 Å². The van der Waals surface area contributed by atoms with Crippen LogP contribution in [0.25, 0.3) is 0 Å². The summed E-state index contributed by atoms with van der Waals surface area (Å²) in [4.78, 5) is 0. The Balaban J connectivity index is 3.03. The average Bonchev–Trinajstić information content (AvgIpc) is 2.30. The zero-order chi connectivity index (χ0) is 12.8. The van der Waals surface area contributed by atoms with E-state index in [0.717, 1.165) is 6.54 Å². The highest BCUT2D eigenvalue weighted by molar-refractivity contribution is 9.10. The third-order valence-electron chi connectivity index (χ3n) is 3.44. The maximum Gasteiger partial charge on any atom is 0.0359 e. The molecule has 0 bridgehead atoms. The Bertz CT molecular complexity index is 345. The first-order valence-corrected chi connectivity index (χ1v) is 7.42. The van der Waals surface area contributed by atoms with Crippen molar-refractivity contribution in [3.8, 4) is 0 Å². The molecule has 1 rings (SSSR count). The molecule has 1 nitrogen and oxygen atoms in total. The molecule has 1 atom stereocenters. The lowest BCUT2D eigenvalue weighted by Gasteiger charge is -2.27. The first kappa shape index (κ1) is 14.7. The van der Waals surface area contributed by atoms with Gasteiger partial charge in [-0.2, -0.15) is 0 Å². The largest absolute Gasteiger partial charge is 0.310 e. The van der Waals surface area contributed by atoms with Gasteiger partial charge in [0.05, 0.1) is 0 Å². The van der Waals surface area contributed by atoms with Gasteiger partial charge in [0.2, 0.25) is 0 Å². The molecule has 0 heterocycles. The van der Waals surface area contributed by atoms with Gasteiger partial charge < -0.3 is 5.32 Å². The Morgan fingerprint density at radius 2 is 1.82 bits per heavy atom. The Hall–Kier alpha value is -0.340. The molecule has 1 aromatic rings. The highest BCUT2D eigenvalue weighted by atomic mass is 79.9. The summed E-state index contributed by atoms with van der Waals surface area (Å²) in [5, 5.41) is 3.63. The summed E-state index contributed by atoms with van der Waals surface area (Å²) >= 11 is 3.70. The lowest BCUT2D eigenvalue weighted by molar-refractivity contribution is 0.345. The molecule has 0 fully saturated rings. The van der Waals surface area contributed by atoms with Gasteiger partial charge in [0.25, 0.3) is 0 Å². The summed E-state index contributed by atoms with van der Waals surface area (Å²) in [6, 6.07) is 7.13. The van der Waals surface area contributed by atoms with Gasteiger partial charge in [-0.1, -0.05) is 61.7 Å². The molecule has 0 aliphatic rings. The Kier molecular flexibility index (Phi) is 6.21. The molecule has 0 radical (unpaired) electrons. The number of nitrogens with one attached hydrogen (secondary N) is 1. The fourth-order valence-electron chi connectivity index (χ4n) is 2.39. The van der Waals surface area contributed by atoms with Crippen molar-refractivity contribution in [1.29, 1.82) is 0 Å². The topological polar surface area (TPSA) is 12.0 Å². The van der Waals surface area contributed by atoms with Crippen LogP contribution >= 0.6 is 15.9 Å². The summed E-state index contributed by atoms with van der Waals surface area (Å²) < 4.78 is 1.23. The van der Waals surface area contributed by atoms with Gasteiger partial charge in [-0.25, -0.2) is 0 Å². The number of rotatable bonds is 6. The van der Waals surface area contributed by atoms with Crippen molar-refractivity contribution in [1.82, 2.24) is 5.32 Å². The van der Waals surface area contributed by atoms with Gasteiger partial charge >= 0.3 is 0 Å². The molecule has 96 valence electrons. The van der Waals surface area contributed by atoms with E-state index in [0.29, 0.717) is 12.0 Å². The van der Waals surface area contributed by atoms with Gasteiger partial charge in [-0.3, -0.25) is 0 Å². The van der Waals surface area contributed by atoms with Crippen LogP contribution in [0.3, 0.4) is 0 Å². The SMILES string of the molecule is CCNC(c1ccc(C)cc1Br)C(CC)CC. The van der Waals surface area contributed by atoms with E-state index in [2.05, 4.69) is 67.1 Å². The van der Waals surface area contributed by atoms with Crippen LogP contribution in [0.2, 0.25) is 0 Å². The molecular weight excluding hydrogens is 274 g/mol. The Labute approximate surface area is 114 Å². The minimum Gasteiger partial charge on any atom is -0.310 e. The van der Waals surface area contributed by atoms with E-state index in [-0.39, 0.29) is 0 Å². The second-order valence-electron chi connectivity index (χ2n) is 4.64. The van der Waals surface area contributed by atoms with Crippen molar-refractivity contribution in [2.24, 2.45) is 5.92 Å². The highest BCUT2D eigenvalue weighted by Gasteiger charge is 2.21. The van der Waals surface area contributed by atoms with E-state index in [1.54, 1.807) is 0 Å². The summed E-state index contributed by atoms with van der Waals surface area (Å²) in [5.74, 6) is 0.703.